The maximum Gasteiger partial charge on any atom is 0.335 e. The Hall–Kier alpha value is -3.55. The second-order valence-electron chi connectivity index (χ2n) is 11.5. The van der Waals surface area contributed by atoms with Crippen LogP contribution in [0, 0.1) is 0 Å². The van der Waals surface area contributed by atoms with E-state index in [2.05, 4.69) is 63.2 Å². The first-order valence-corrected chi connectivity index (χ1v) is 15.5. The summed E-state index contributed by atoms with van der Waals surface area (Å²) in [4.78, 5) is 18.6. The molecule has 7 heteroatoms. The van der Waals surface area contributed by atoms with E-state index in [1.807, 2.05) is 12.1 Å². The number of ether oxygens (including phenoxy) is 2. The lowest BCUT2D eigenvalue weighted by Gasteiger charge is -2.37. The summed E-state index contributed by atoms with van der Waals surface area (Å²) in [5.74, 6) is 0.0780. The third kappa shape index (κ3) is 8.26. The van der Waals surface area contributed by atoms with Crippen LogP contribution in [0.4, 0.5) is 11.4 Å². The largest absolute Gasteiger partial charge is 0.490 e. The lowest BCUT2D eigenvalue weighted by Crippen LogP contribution is -2.46. The highest BCUT2D eigenvalue weighted by Crippen LogP contribution is 2.27. The maximum absolute atomic E-state index is 11.1. The Balaban J connectivity index is 1.03. The number of carboxylic acid groups (broad SMARTS) is 1. The van der Waals surface area contributed by atoms with E-state index in [1.54, 1.807) is 19.2 Å². The van der Waals surface area contributed by atoms with Gasteiger partial charge in [-0.15, -0.1) is 0 Å². The van der Waals surface area contributed by atoms with Crippen LogP contribution in [0.25, 0.3) is 11.1 Å². The molecule has 2 aliphatic rings. The minimum absolute atomic E-state index is 0.308. The molecule has 0 amide bonds. The third-order valence-electron chi connectivity index (χ3n) is 8.59. The summed E-state index contributed by atoms with van der Waals surface area (Å²) in [6.45, 7) is 8.24. The summed E-state index contributed by atoms with van der Waals surface area (Å²) in [5.41, 5.74) is 4.89. The normalized spacial score (nSPS) is 16.5. The van der Waals surface area contributed by atoms with Gasteiger partial charge >= 0.3 is 5.97 Å². The number of anilines is 2. The first-order chi connectivity index (χ1) is 20.6. The van der Waals surface area contributed by atoms with Gasteiger partial charge in [-0.2, -0.15) is 0 Å². The number of rotatable bonds is 13. The van der Waals surface area contributed by atoms with Crippen LogP contribution in [0.1, 0.15) is 48.9 Å². The van der Waals surface area contributed by atoms with Crippen LogP contribution in [0.15, 0.2) is 72.8 Å². The summed E-state index contributed by atoms with van der Waals surface area (Å²) >= 11 is 0. The summed E-state index contributed by atoms with van der Waals surface area (Å²) in [5, 5.41) is 9.12. The van der Waals surface area contributed by atoms with Gasteiger partial charge in [-0.1, -0.05) is 37.1 Å². The molecule has 0 bridgehead atoms. The molecule has 5 rings (SSSR count). The number of unbranched alkanes of at least 4 members (excludes halogenated alkanes) is 3. The van der Waals surface area contributed by atoms with Crippen molar-refractivity contribution < 1.29 is 19.4 Å². The first-order valence-electron chi connectivity index (χ1n) is 15.5. The van der Waals surface area contributed by atoms with Crippen molar-refractivity contribution >= 4 is 17.3 Å². The van der Waals surface area contributed by atoms with Gasteiger partial charge < -0.3 is 29.3 Å². The standard InChI is InChI=1S/C35H45N3O4/c1-41-27-5-3-2-4-20-36-21-18-34(19-22-36)42-33-16-14-32(15-17-33)38-25-23-37(24-26-38)31-12-10-29(11-13-31)28-6-8-30(9-7-28)35(39)40/h6-17,34H,2-5,18-27H2,1H3,(H,39,40). The molecule has 0 aromatic heterocycles. The van der Waals surface area contributed by atoms with Crippen molar-refractivity contribution in [2.75, 3.05) is 69.3 Å². The van der Waals surface area contributed by atoms with E-state index in [-0.39, 0.29) is 0 Å². The van der Waals surface area contributed by atoms with E-state index in [0.29, 0.717) is 11.7 Å². The number of carbonyl (C=O) groups is 1. The number of benzene rings is 3. The fourth-order valence-electron chi connectivity index (χ4n) is 6.01. The number of hydrogen-bond acceptors (Lipinski definition) is 6. The van der Waals surface area contributed by atoms with E-state index in [1.165, 1.54) is 43.6 Å². The second kappa shape index (κ2) is 15.1. The fraction of sp³-hybridized carbons (Fsp3) is 0.457. The third-order valence-corrected chi connectivity index (χ3v) is 8.59. The molecule has 224 valence electrons. The molecular weight excluding hydrogens is 526 g/mol. The smallest absolute Gasteiger partial charge is 0.335 e. The lowest BCUT2D eigenvalue weighted by atomic mass is 10.0. The topological polar surface area (TPSA) is 65.5 Å². The van der Waals surface area contributed by atoms with E-state index in [4.69, 9.17) is 14.6 Å². The number of piperazine rings is 1. The van der Waals surface area contributed by atoms with Crippen LogP contribution >= 0.6 is 0 Å². The Kier molecular flexibility index (Phi) is 10.7. The molecule has 0 saturated carbocycles. The molecule has 3 aromatic carbocycles. The Morgan fingerprint density at radius 2 is 1.24 bits per heavy atom. The predicted molar refractivity (Wildman–Crippen MR) is 170 cm³/mol. The Morgan fingerprint density at radius 3 is 1.79 bits per heavy atom. The molecule has 0 aliphatic carbocycles. The minimum Gasteiger partial charge on any atom is -0.490 e. The van der Waals surface area contributed by atoms with Crippen LogP contribution in [0.5, 0.6) is 5.75 Å². The lowest BCUT2D eigenvalue weighted by molar-refractivity contribution is 0.0697. The van der Waals surface area contributed by atoms with Crippen molar-refractivity contribution in [3.8, 4) is 16.9 Å². The van der Waals surface area contributed by atoms with Gasteiger partial charge in [0, 0.05) is 64.4 Å². The highest BCUT2D eigenvalue weighted by atomic mass is 16.5. The Bertz CT molecular complexity index is 1230. The first kappa shape index (κ1) is 29.9. The van der Waals surface area contributed by atoms with E-state index >= 15 is 0 Å². The van der Waals surface area contributed by atoms with Gasteiger partial charge in [0.15, 0.2) is 0 Å². The molecular formula is C35H45N3O4. The van der Waals surface area contributed by atoms with E-state index < -0.39 is 5.97 Å². The average Bonchev–Trinajstić information content (AvgIpc) is 3.04. The zero-order chi connectivity index (χ0) is 29.1. The summed E-state index contributed by atoms with van der Waals surface area (Å²) in [6.07, 6.45) is 7.53. The van der Waals surface area contributed by atoms with Crippen molar-refractivity contribution in [1.82, 2.24) is 4.90 Å². The van der Waals surface area contributed by atoms with Crippen LogP contribution < -0.4 is 14.5 Å². The molecule has 1 N–H and O–H groups in total. The molecule has 42 heavy (non-hydrogen) atoms. The molecule has 2 aliphatic heterocycles. The molecule has 0 atom stereocenters. The Morgan fingerprint density at radius 1 is 0.714 bits per heavy atom. The molecule has 2 saturated heterocycles. The monoisotopic (exact) mass is 571 g/mol. The summed E-state index contributed by atoms with van der Waals surface area (Å²) in [7, 11) is 1.78. The number of likely N-dealkylation sites (tertiary alicyclic amines) is 1. The number of aromatic carboxylic acids is 1. The average molecular weight is 572 g/mol. The number of carboxylic acids is 1. The molecule has 0 unspecified atom stereocenters. The van der Waals surface area contributed by atoms with Gasteiger partial charge in [-0.3, -0.25) is 0 Å². The zero-order valence-electron chi connectivity index (χ0n) is 24.9. The molecule has 0 spiro atoms. The van der Waals surface area contributed by atoms with Crippen molar-refractivity contribution in [3.05, 3.63) is 78.4 Å². The van der Waals surface area contributed by atoms with Crippen LogP contribution in [0.2, 0.25) is 0 Å². The van der Waals surface area contributed by atoms with Crippen LogP contribution in [-0.2, 0) is 4.74 Å². The van der Waals surface area contributed by atoms with Gasteiger partial charge in [0.05, 0.1) is 5.56 Å². The van der Waals surface area contributed by atoms with E-state index in [9.17, 15) is 4.79 Å². The zero-order valence-corrected chi connectivity index (χ0v) is 24.9. The SMILES string of the molecule is COCCCCCCN1CCC(Oc2ccc(N3CCN(c4ccc(-c5ccc(C(=O)O)cc5)cc4)CC3)cc2)CC1. The fourth-order valence-corrected chi connectivity index (χ4v) is 6.01. The van der Waals surface area contributed by atoms with Gasteiger partial charge in [-0.25, -0.2) is 4.79 Å². The molecule has 3 aromatic rings. The van der Waals surface area contributed by atoms with Gasteiger partial charge in [0.1, 0.15) is 11.9 Å². The second-order valence-corrected chi connectivity index (χ2v) is 11.5. The van der Waals surface area contributed by atoms with Crippen LogP contribution in [-0.4, -0.2) is 81.6 Å². The number of nitrogens with zero attached hydrogens (tertiary/aromatic N) is 3. The highest BCUT2D eigenvalue weighted by molar-refractivity contribution is 5.88. The molecule has 2 heterocycles. The van der Waals surface area contributed by atoms with Gasteiger partial charge in [-0.05, 0) is 91.9 Å². The number of hydrogen-bond donors (Lipinski definition) is 1. The van der Waals surface area contributed by atoms with Crippen molar-refractivity contribution in [2.24, 2.45) is 0 Å². The van der Waals surface area contributed by atoms with Crippen LogP contribution in [0.3, 0.4) is 0 Å². The molecule has 0 radical (unpaired) electrons. The summed E-state index contributed by atoms with van der Waals surface area (Å²) < 4.78 is 11.5. The van der Waals surface area contributed by atoms with Crippen molar-refractivity contribution in [1.29, 1.82) is 0 Å². The Labute approximate surface area is 250 Å². The number of methoxy groups -OCH3 is 1. The van der Waals surface area contributed by atoms with Crippen molar-refractivity contribution in [2.45, 2.75) is 44.6 Å². The minimum atomic E-state index is -0.900. The van der Waals surface area contributed by atoms with Gasteiger partial charge in [0.2, 0.25) is 0 Å². The highest BCUT2D eigenvalue weighted by Gasteiger charge is 2.21. The number of piperidine rings is 1. The quantitative estimate of drug-likeness (QED) is 0.237. The van der Waals surface area contributed by atoms with E-state index in [0.717, 1.165) is 75.6 Å². The van der Waals surface area contributed by atoms with Gasteiger partial charge in [0.25, 0.3) is 0 Å². The van der Waals surface area contributed by atoms with Crippen molar-refractivity contribution in [3.63, 3.8) is 0 Å². The summed E-state index contributed by atoms with van der Waals surface area (Å²) in [6, 6.07) is 24.3. The predicted octanol–water partition coefficient (Wildman–Crippen LogP) is 6.43. The maximum atomic E-state index is 11.1. The molecule has 2 fully saturated rings. The molecule has 7 nitrogen and oxygen atoms in total.